The molecule has 1 aromatic carbocycles. The molecule has 0 aliphatic carbocycles. The van der Waals surface area contributed by atoms with E-state index in [2.05, 4.69) is 12.2 Å². The van der Waals surface area contributed by atoms with E-state index in [1.54, 1.807) is 12.1 Å². The number of aryl methyl sites for hydroxylation is 1. The van der Waals surface area contributed by atoms with Gasteiger partial charge in [0.05, 0.1) is 0 Å². The van der Waals surface area contributed by atoms with E-state index in [0.29, 0.717) is 12.0 Å². The monoisotopic (exact) mass is 251 g/mol. The zero-order valence-corrected chi connectivity index (χ0v) is 11.3. The molecule has 1 aliphatic rings. The molecule has 3 heteroatoms. The molecule has 2 rings (SSSR count). The van der Waals surface area contributed by atoms with Crippen LogP contribution in [-0.4, -0.2) is 19.8 Å². The minimum atomic E-state index is -0.120. The van der Waals surface area contributed by atoms with Crippen LogP contribution in [0, 0.1) is 18.2 Å². The van der Waals surface area contributed by atoms with Gasteiger partial charge in [-0.05, 0) is 31.2 Å². The second kappa shape index (κ2) is 5.81. The molecule has 0 bridgehead atoms. The van der Waals surface area contributed by atoms with Gasteiger partial charge >= 0.3 is 0 Å². The summed E-state index contributed by atoms with van der Waals surface area (Å²) in [6, 6.07) is 5.26. The summed E-state index contributed by atoms with van der Waals surface area (Å²) in [6.45, 7) is 7.47. The maximum Gasteiger partial charge on any atom is 0.127 e. The fourth-order valence-corrected chi connectivity index (χ4v) is 2.38. The Bertz CT molecular complexity index is 399. The van der Waals surface area contributed by atoms with Crippen molar-refractivity contribution < 1.29 is 9.13 Å². The molecule has 0 aromatic heterocycles. The van der Waals surface area contributed by atoms with Gasteiger partial charge in [0, 0.05) is 31.9 Å². The average Bonchev–Trinajstić information content (AvgIpc) is 2.34. The Morgan fingerprint density at radius 3 is 2.78 bits per heavy atom. The number of hydrogen-bond donors (Lipinski definition) is 1. The Labute approximate surface area is 109 Å². The summed E-state index contributed by atoms with van der Waals surface area (Å²) in [5.74, 6) is -0.120. The van der Waals surface area contributed by atoms with Crippen molar-refractivity contribution >= 4 is 0 Å². The van der Waals surface area contributed by atoms with E-state index in [0.717, 1.165) is 43.7 Å². The van der Waals surface area contributed by atoms with E-state index in [4.69, 9.17) is 4.74 Å². The molecule has 1 aliphatic heterocycles. The van der Waals surface area contributed by atoms with Gasteiger partial charge in [0.2, 0.25) is 0 Å². The normalized spacial score (nSPS) is 18.8. The highest BCUT2D eigenvalue weighted by Gasteiger charge is 2.26. The van der Waals surface area contributed by atoms with Gasteiger partial charge < -0.3 is 10.1 Å². The fraction of sp³-hybridized carbons (Fsp3) is 0.600. The summed E-state index contributed by atoms with van der Waals surface area (Å²) in [5.41, 5.74) is 2.15. The smallest absolute Gasteiger partial charge is 0.127 e. The van der Waals surface area contributed by atoms with Crippen LogP contribution in [0.3, 0.4) is 0 Å². The minimum absolute atomic E-state index is 0.120. The third-order valence-corrected chi connectivity index (χ3v) is 3.77. The van der Waals surface area contributed by atoms with Crippen molar-refractivity contribution in [1.82, 2.24) is 5.32 Å². The molecular weight excluding hydrogens is 229 g/mol. The first-order valence-electron chi connectivity index (χ1n) is 6.63. The Hall–Kier alpha value is -0.930. The van der Waals surface area contributed by atoms with Crippen LogP contribution in [-0.2, 0) is 11.3 Å². The van der Waals surface area contributed by atoms with E-state index in [-0.39, 0.29) is 5.82 Å². The van der Waals surface area contributed by atoms with Gasteiger partial charge in [-0.1, -0.05) is 24.6 Å². The van der Waals surface area contributed by atoms with Crippen LogP contribution in [0.1, 0.15) is 30.9 Å². The third-order valence-electron chi connectivity index (χ3n) is 3.77. The van der Waals surface area contributed by atoms with E-state index < -0.39 is 0 Å². The van der Waals surface area contributed by atoms with Crippen LogP contribution in [0.5, 0.6) is 0 Å². The Morgan fingerprint density at radius 2 is 2.06 bits per heavy atom. The molecular formula is C15H22FNO. The van der Waals surface area contributed by atoms with Gasteiger partial charge in [-0.2, -0.15) is 0 Å². The van der Waals surface area contributed by atoms with E-state index >= 15 is 0 Å². The van der Waals surface area contributed by atoms with Crippen molar-refractivity contribution in [2.75, 3.05) is 19.8 Å². The number of nitrogens with one attached hydrogen (secondary N) is 1. The van der Waals surface area contributed by atoms with Gasteiger partial charge in [0.15, 0.2) is 0 Å². The topological polar surface area (TPSA) is 21.3 Å². The summed E-state index contributed by atoms with van der Waals surface area (Å²) < 4.78 is 18.9. The molecule has 0 saturated carbocycles. The molecule has 18 heavy (non-hydrogen) atoms. The van der Waals surface area contributed by atoms with Crippen LogP contribution < -0.4 is 5.32 Å². The molecule has 1 aromatic rings. The molecule has 1 N–H and O–H groups in total. The standard InChI is InChI=1S/C15H22FNO/c1-12-3-4-14(16)13(9-12)10-17-11-15(2)5-7-18-8-6-15/h3-4,9,17H,5-8,10-11H2,1-2H3. The number of ether oxygens (including phenoxy) is 1. The van der Waals surface area contributed by atoms with Gasteiger partial charge in [-0.25, -0.2) is 4.39 Å². The predicted molar refractivity (Wildman–Crippen MR) is 71.0 cm³/mol. The van der Waals surface area contributed by atoms with Gasteiger partial charge in [0.25, 0.3) is 0 Å². The molecule has 0 spiro atoms. The molecule has 0 unspecified atom stereocenters. The number of halogens is 1. The summed E-state index contributed by atoms with van der Waals surface area (Å²) >= 11 is 0. The van der Waals surface area contributed by atoms with Crippen LogP contribution in [0.25, 0.3) is 0 Å². The Kier molecular flexibility index (Phi) is 4.36. The van der Waals surface area contributed by atoms with Crippen LogP contribution in [0.15, 0.2) is 18.2 Å². The summed E-state index contributed by atoms with van der Waals surface area (Å²) in [5, 5.41) is 3.38. The van der Waals surface area contributed by atoms with Crippen molar-refractivity contribution in [2.24, 2.45) is 5.41 Å². The van der Waals surface area contributed by atoms with Crippen molar-refractivity contribution in [3.05, 3.63) is 35.1 Å². The van der Waals surface area contributed by atoms with Crippen LogP contribution >= 0.6 is 0 Å². The highest BCUT2D eigenvalue weighted by atomic mass is 19.1. The molecule has 100 valence electrons. The lowest BCUT2D eigenvalue weighted by Gasteiger charge is -2.33. The van der Waals surface area contributed by atoms with Crippen molar-refractivity contribution in [3.63, 3.8) is 0 Å². The predicted octanol–water partition coefficient (Wildman–Crippen LogP) is 3.04. The average molecular weight is 251 g/mol. The third kappa shape index (κ3) is 3.53. The quantitative estimate of drug-likeness (QED) is 0.888. The molecule has 2 nitrogen and oxygen atoms in total. The molecule has 1 fully saturated rings. The highest BCUT2D eigenvalue weighted by Crippen LogP contribution is 2.28. The zero-order chi connectivity index (χ0) is 13.0. The fourth-order valence-electron chi connectivity index (χ4n) is 2.38. The van der Waals surface area contributed by atoms with E-state index in [1.165, 1.54) is 0 Å². The van der Waals surface area contributed by atoms with Crippen LogP contribution in [0.4, 0.5) is 4.39 Å². The first kappa shape index (κ1) is 13.5. The Balaban J connectivity index is 1.86. The highest BCUT2D eigenvalue weighted by molar-refractivity contribution is 5.23. The Morgan fingerprint density at radius 1 is 1.33 bits per heavy atom. The zero-order valence-electron chi connectivity index (χ0n) is 11.3. The van der Waals surface area contributed by atoms with Gasteiger partial charge in [0.1, 0.15) is 5.82 Å². The lowest BCUT2D eigenvalue weighted by Crippen LogP contribution is -2.36. The van der Waals surface area contributed by atoms with Crippen LogP contribution in [0.2, 0.25) is 0 Å². The SMILES string of the molecule is Cc1ccc(F)c(CNCC2(C)CCOCC2)c1. The maximum atomic E-state index is 13.6. The summed E-state index contributed by atoms with van der Waals surface area (Å²) in [7, 11) is 0. The lowest BCUT2D eigenvalue weighted by molar-refractivity contribution is 0.0240. The second-order valence-electron chi connectivity index (χ2n) is 5.62. The largest absolute Gasteiger partial charge is 0.381 e. The van der Waals surface area contributed by atoms with Crippen molar-refractivity contribution in [2.45, 2.75) is 33.2 Å². The summed E-state index contributed by atoms with van der Waals surface area (Å²) in [6.07, 6.45) is 2.16. The minimum Gasteiger partial charge on any atom is -0.381 e. The molecule has 1 heterocycles. The van der Waals surface area contributed by atoms with Crippen molar-refractivity contribution in [3.8, 4) is 0 Å². The first-order chi connectivity index (χ1) is 8.59. The van der Waals surface area contributed by atoms with E-state index in [9.17, 15) is 4.39 Å². The molecule has 0 atom stereocenters. The maximum absolute atomic E-state index is 13.6. The number of rotatable bonds is 4. The second-order valence-corrected chi connectivity index (χ2v) is 5.62. The molecule has 0 radical (unpaired) electrons. The number of benzene rings is 1. The molecule has 1 saturated heterocycles. The lowest BCUT2D eigenvalue weighted by atomic mass is 9.82. The van der Waals surface area contributed by atoms with Gasteiger partial charge in [-0.3, -0.25) is 0 Å². The van der Waals surface area contributed by atoms with Gasteiger partial charge in [-0.15, -0.1) is 0 Å². The van der Waals surface area contributed by atoms with Crippen molar-refractivity contribution in [1.29, 1.82) is 0 Å². The molecule has 0 amide bonds. The van der Waals surface area contributed by atoms with E-state index in [1.807, 2.05) is 13.0 Å². The number of hydrogen-bond acceptors (Lipinski definition) is 2. The summed E-state index contributed by atoms with van der Waals surface area (Å²) in [4.78, 5) is 0. The first-order valence-corrected chi connectivity index (χ1v) is 6.63.